The minimum absolute atomic E-state index is 0.0152. The number of anilines is 1. The van der Waals surface area contributed by atoms with Crippen LogP contribution in [0.1, 0.15) is 12.1 Å². The summed E-state index contributed by atoms with van der Waals surface area (Å²) in [5.74, 6) is 0.181. The molecule has 1 amide bonds. The minimum atomic E-state index is -0.0348. The van der Waals surface area contributed by atoms with Crippen LogP contribution in [0.25, 0.3) is 0 Å². The second kappa shape index (κ2) is 7.01. The molecule has 2 aromatic rings. The van der Waals surface area contributed by atoms with Crippen molar-refractivity contribution < 1.29 is 9.53 Å². The molecule has 2 atom stereocenters. The van der Waals surface area contributed by atoms with Gasteiger partial charge in [0, 0.05) is 31.2 Å². The van der Waals surface area contributed by atoms with Crippen molar-refractivity contribution in [1.29, 1.82) is 0 Å². The zero-order valence-corrected chi connectivity index (χ0v) is 14.3. The smallest absolute Gasteiger partial charge is 0.232 e. The number of likely N-dealkylation sites (tertiary alicyclic amines) is 1. The lowest BCUT2D eigenvalue weighted by molar-refractivity contribution is -0.128. The molecule has 126 valence electrons. The number of nitrogens with zero attached hydrogens (tertiary/aromatic N) is 3. The first-order valence-electron chi connectivity index (χ1n) is 8.39. The summed E-state index contributed by atoms with van der Waals surface area (Å²) >= 11 is 1.62. The summed E-state index contributed by atoms with van der Waals surface area (Å²) in [6, 6.07) is 8.00. The molecule has 2 fully saturated rings. The van der Waals surface area contributed by atoms with E-state index in [2.05, 4.69) is 9.88 Å². The van der Waals surface area contributed by atoms with E-state index < -0.39 is 0 Å². The number of fused-ring (bicyclic) bond motifs is 1. The molecule has 0 aromatic carbocycles. The van der Waals surface area contributed by atoms with Crippen LogP contribution in [0.15, 0.2) is 41.2 Å². The van der Waals surface area contributed by atoms with Crippen LogP contribution in [0.3, 0.4) is 0 Å². The van der Waals surface area contributed by atoms with E-state index in [1.165, 1.54) is 0 Å². The number of ether oxygens (including phenoxy) is 1. The first-order valence-corrected chi connectivity index (χ1v) is 9.33. The van der Waals surface area contributed by atoms with Crippen molar-refractivity contribution in [3.63, 3.8) is 0 Å². The average Bonchev–Trinajstić information content (AvgIpc) is 3.08. The molecule has 4 heterocycles. The van der Waals surface area contributed by atoms with E-state index in [4.69, 9.17) is 4.74 Å². The van der Waals surface area contributed by atoms with Crippen molar-refractivity contribution in [2.24, 2.45) is 5.92 Å². The molecule has 0 radical (unpaired) electrons. The molecular formula is C18H21N3O2S. The Bertz CT molecular complexity index is 677. The fraction of sp³-hybridized carbons (Fsp3) is 0.444. The Kier molecular flexibility index (Phi) is 4.60. The number of carbonyl (C=O) groups is 1. The van der Waals surface area contributed by atoms with Crippen molar-refractivity contribution in [2.75, 3.05) is 31.1 Å². The molecule has 24 heavy (non-hydrogen) atoms. The Morgan fingerprint density at radius 3 is 3.04 bits per heavy atom. The summed E-state index contributed by atoms with van der Waals surface area (Å²) in [4.78, 5) is 21.6. The number of carbonyl (C=O) groups excluding carboxylic acids is 1. The topological polar surface area (TPSA) is 45.7 Å². The molecule has 6 heteroatoms. The van der Waals surface area contributed by atoms with Crippen molar-refractivity contribution in [2.45, 2.75) is 19.1 Å². The third-order valence-corrected chi connectivity index (χ3v) is 5.47. The first kappa shape index (κ1) is 15.7. The van der Waals surface area contributed by atoms with Crippen molar-refractivity contribution in [3.05, 3.63) is 46.9 Å². The molecule has 0 aliphatic carbocycles. The van der Waals surface area contributed by atoms with Crippen LogP contribution in [0, 0.1) is 5.92 Å². The molecule has 5 nitrogen and oxygen atoms in total. The third-order valence-electron chi connectivity index (χ3n) is 4.80. The predicted molar refractivity (Wildman–Crippen MR) is 94.0 cm³/mol. The van der Waals surface area contributed by atoms with Gasteiger partial charge in [-0.05, 0) is 36.5 Å². The molecule has 2 saturated heterocycles. The second-order valence-electron chi connectivity index (χ2n) is 6.33. The second-order valence-corrected chi connectivity index (χ2v) is 7.11. The van der Waals surface area contributed by atoms with Crippen LogP contribution < -0.4 is 4.90 Å². The lowest BCUT2D eigenvalue weighted by atomic mass is 9.92. The standard InChI is InChI=1S/C18H21N3O2S/c22-18-16-4-7-20(11-14-3-1-2-6-19-14)12-17(16)23-9-8-21(18)15-5-10-24-13-15/h1-3,5-6,10,13,16-17H,4,7-9,11-12H2/t16-,17+/m0/s1. The minimum Gasteiger partial charge on any atom is -0.374 e. The van der Waals surface area contributed by atoms with Gasteiger partial charge < -0.3 is 9.64 Å². The summed E-state index contributed by atoms with van der Waals surface area (Å²) in [5, 5.41) is 4.05. The number of pyridine rings is 1. The van der Waals surface area contributed by atoms with E-state index in [1.807, 2.05) is 46.1 Å². The third kappa shape index (κ3) is 3.22. The van der Waals surface area contributed by atoms with E-state index in [9.17, 15) is 4.79 Å². The molecule has 2 aliphatic heterocycles. The first-order chi connectivity index (χ1) is 11.8. The SMILES string of the molecule is O=C1[C@H]2CCN(Cc3ccccn3)C[C@H]2OCCN1c1ccsc1. The van der Waals surface area contributed by atoms with Gasteiger partial charge in [-0.2, -0.15) is 11.3 Å². The summed E-state index contributed by atoms with van der Waals surface area (Å²) in [6.07, 6.45) is 2.65. The zero-order chi connectivity index (χ0) is 16.4. The average molecular weight is 343 g/mol. The number of thiophene rings is 1. The molecule has 4 rings (SSSR count). The van der Waals surface area contributed by atoms with Gasteiger partial charge in [0.2, 0.25) is 5.91 Å². The summed E-state index contributed by atoms with van der Waals surface area (Å²) in [7, 11) is 0. The van der Waals surface area contributed by atoms with Gasteiger partial charge in [0.15, 0.2) is 0 Å². The van der Waals surface area contributed by atoms with Crippen LogP contribution in [-0.4, -0.2) is 48.1 Å². The molecule has 0 saturated carbocycles. The molecular weight excluding hydrogens is 322 g/mol. The van der Waals surface area contributed by atoms with Gasteiger partial charge >= 0.3 is 0 Å². The van der Waals surface area contributed by atoms with E-state index >= 15 is 0 Å². The molecule has 0 unspecified atom stereocenters. The molecule has 0 N–H and O–H groups in total. The number of aromatic nitrogens is 1. The van der Waals surface area contributed by atoms with Crippen molar-refractivity contribution in [3.8, 4) is 0 Å². The van der Waals surface area contributed by atoms with Gasteiger partial charge in [-0.1, -0.05) is 6.07 Å². The van der Waals surface area contributed by atoms with Crippen LogP contribution in [-0.2, 0) is 16.1 Å². The van der Waals surface area contributed by atoms with Gasteiger partial charge in [0.05, 0.1) is 30.0 Å². The quantitative estimate of drug-likeness (QED) is 0.858. The highest BCUT2D eigenvalue weighted by atomic mass is 32.1. The fourth-order valence-electron chi connectivity index (χ4n) is 3.57. The van der Waals surface area contributed by atoms with Gasteiger partial charge in [0.25, 0.3) is 0 Å². The maximum Gasteiger partial charge on any atom is 0.232 e. The zero-order valence-electron chi connectivity index (χ0n) is 13.5. The molecule has 0 bridgehead atoms. The number of hydrogen-bond acceptors (Lipinski definition) is 5. The highest BCUT2D eigenvalue weighted by molar-refractivity contribution is 7.08. The van der Waals surface area contributed by atoms with Gasteiger partial charge in [-0.25, -0.2) is 0 Å². The van der Waals surface area contributed by atoms with Gasteiger partial charge in [-0.15, -0.1) is 0 Å². The van der Waals surface area contributed by atoms with Crippen molar-refractivity contribution in [1.82, 2.24) is 9.88 Å². The predicted octanol–water partition coefficient (Wildman–Crippen LogP) is 2.40. The Hall–Kier alpha value is -1.76. The Morgan fingerprint density at radius 1 is 1.29 bits per heavy atom. The normalized spacial score (nSPS) is 25.3. The van der Waals surface area contributed by atoms with Crippen LogP contribution in [0.2, 0.25) is 0 Å². The van der Waals surface area contributed by atoms with Crippen LogP contribution in [0.4, 0.5) is 5.69 Å². The van der Waals surface area contributed by atoms with Gasteiger partial charge in [0.1, 0.15) is 0 Å². The summed E-state index contributed by atoms with van der Waals surface area (Å²) < 4.78 is 6.05. The fourth-order valence-corrected chi connectivity index (χ4v) is 4.21. The molecule has 2 aromatic heterocycles. The monoisotopic (exact) mass is 343 g/mol. The maximum atomic E-state index is 13.0. The number of rotatable bonds is 3. The van der Waals surface area contributed by atoms with Crippen LogP contribution >= 0.6 is 11.3 Å². The molecule has 0 spiro atoms. The highest BCUT2D eigenvalue weighted by Crippen LogP contribution is 2.29. The van der Waals surface area contributed by atoms with E-state index in [1.54, 1.807) is 11.3 Å². The number of piperidine rings is 1. The highest BCUT2D eigenvalue weighted by Gasteiger charge is 2.39. The maximum absolute atomic E-state index is 13.0. The Labute approximate surface area is 145 Å². The number of amides is 1. The summed E-state index contributed by atoms with van der Waals surface area (Å²) in [6.45, 7) is 3.76. The van der Waals surface area contributed by atoms with E-state index in [0.29, 0.717) is 13.2 Å². The largest absolute Gasteiger partial charge is 0.374 e. The van der Waals surface area contributed by atoms with Crippen LogP contribution in [0.5, 0.6) is 0 Å². The lowest BCUT2D eigenvalue weighted by Crippen LogP contribution is -2.49. The molecule has 2 aliphatic rings. The Morgan fingerprint density at radius 2 is 2.25 bits per heavy atom. The Balaban J connectivity index is 1.45. The van der Waals surface area contributed by atoms with Gasteiger partial charge in [-0.3, -0.25) is 14.7 Å². The lowest BCUT2D eigenvalue weighted by Gasteiger charge is -2.36. The van der Waals surface area contributed by atoms with E-state index in [-0.39, 0.29) is 17.9 Å². The van der Waals surface area contributed by atoms with E-state index in [0.717, 1.165) is 37.4 Å². The van der Waals surface area contributed by atoms with Crippen molar-refractivity contribution >= 4 is 22.9 Å². The number of hydrogen-bond donors (Lipinski definition) is 0. The summed E-state index contributed by atoms with van der Waals surface area (Å²) in [5.41, 5.74) is 2.07.